The van der Waals surface area contributed by atoms with Crippen LogP contribution in [0.1, 0.15) is 56.0 Å². The lowest BCUT2D eigenvalue weighted by molar-refractivity contribution is 0.102. The van der Waals surface area contributed by atoms with Gasteiger partial charge >= 0.3 is 0 Å². The Morgan fingerprint density at radius 2 is 1.72 bits per heavy atom. The maximum Gasteiger partial charge on any atom is 0.175 e. The Hall–Kier alpha value is -0.960. The summed E-state index contributed by atoms with van der Waals surface area (Å²) in [6.45, 7) is 8.15. The van der Waals surface area contributed by atoms with Gasteiger partial charge in [0.15, 0.2) is 5.78 Å². The molecule has 0 saturated carbocycles. The Balaban J connectivity index is 2.70. The van der Waals surface area contributed by atoms with Crippen molar-refractivity contribution in [2.24, 2.45) is 0 Å². The Morgan fingerprint density at radius 1 is 1.17 bits per heavy atom. The van der Waals surface area contributed by atoms with E-state index in [1.165, 1.54) is 5.56 Å². The molecule has 100 valence electrons. The van der Waals surface area contributed by atoms with E-state index in [9.17, 15) is 9.00 Å². The first-order chi connectivity index (χ1) is 8.45. The van der Waals surface area contributed by atoms with E-state index in [2.05, 4.69) is 13.8 Å². The molecular formula is C15H22O2S. The number of carbonyl (C=O) groups is 1. The summed E-state index contributed by atoms with van der Waals surface area (Å²) in [4.78, 5) is 12.0. The van der Waals surface area contributed by atoms with Crippen molar-refractivity contribution in [3.63, 3.8) is 0 Å². The number of carbonyl (C=O) groups excluding carboxylic acids is 1. The minimum absolute atomic E-state index is 0.0241. The van der Waals surface area contributed by atoms with E-state index in [0.29, 0.717) is 11.5 Å². The zero-order chi connectivity index (χ0) is 13.7. The lowest BCUT2D eigenvalue weighted by atomic mass is 10.0. The average Bonchev–Trinajstić information content (AvgIpc) is 2.37. The molecule has 1 rings (SSSR count). The van der Waals surface area contributed by atoms with Crippen LogP contribution in [0.3, 0.4) is 0 Å². The van der Waals surface area contributed by atoms with Crippen LogP contribution in [-0.2, 0) is 10.8 Å². The van der Waals surface area contributed by atoms with E-state index in [-0.39, 0.29) is 16.8 Å². The van der Waals surface area contributed by atoms with Gasteiger partial charge in [-0.2, -0.15) is 0 Å². The molecule has 1 aromatic rings. The summed E-state index contributed by atoms with van der Waals surface area (Å²) in [7, 11) is -1.06. The van der Waals surface area contributed by atoms with Gasteiger partial charge in [-0.05, 0) is 17.9 Å². The summed E-state index contributed by atoms with van der Waals surface area (Å²) in [6, 6.07) is 7.63. The smallest absolute Gasteiger partial charge is 0.175 e. The van der Waals surface area contributed by atoms with Crippen LogP contribution in [0.15, 0.2) is 24.3 Å². The van der Waals surface area contributed by atoms with Crippen LogP contribution in [-0.4, -0.2) is 21.0 Å². The topological polar surface area (TPSA) is 34.1 Å². The molecule has 1 aromatic carbocycles. The predicted octanol–water partition coefficient (Wildman–Crippen LogP) is 3.54. The van der Waals surface area contributed by atoms with Gasteiger partial charge in [-0.1, -0.05) is 52.0 Å². The molecule has 0 fully saturated rings. The van der Waals surface area contributed by atoms with E-state index in [4.69, 9.17) is 0 Å². The predicted molar refractivity (Wildman–Crippen MR) is 77.6 cm³/mol. The molecule has 0 bridgehead atoms. The van der Waals surface area contributed by atoms with Crippen molar-refractivity contribution < 1.29 is 9.00 Å². The zero-order valence-corrected chi connectivity index (χ0v) is 12.4. The Morgan fingerprint density at radius 3 is 2.17 bits per heavy atom. The molecule has 0 aliphatic carbocycles. The second-order valence-corrected chi connectivity index (χ2v) is 6.80. The van der Waals surface area contributed by atoms with Crippen LogP contribution >= 0.6 is 0 Å². The van der Waals surface area contributed by atoms with Crippen molar-refractivity contribution in [1.29, 1.82) is 0 Å². The molecule has 3 heteroatoms. The minimum Gasteiger partial charge on any atom is -0.293 e. The standard InChI is InChI=1S/C15H22O2S/c1-5-12(4)18(17)10-15(16)14-8-6-13(7-9-14)11(2)3/h6-9,11-12H,5,10H2,1-4H3. The minimum atomic E-state index is -1.06. The largest absolute Gasteiger partial charge is 0.293 e. The third-order valence-electron chi connectivity index (χ3n) is 3.20. The first-order valence-corrected chi connectivity index (χ1v) is 7.84. The number of hydrogen-bond donors (Lipinski definition) is 0. The highest BCUT2D eigenvalue weighted by molar-refractivity contribution is 7.86. The van der Waals surface area contributed by atoms with Gasteiger partial charge < -0.3 is 0 Å². The molecule has 2 unspecified atom stereocenters. The van der Waals surface area contributed by atoms with Gasteiger partial charge in [0.05, 0.1) is 5.75 Å². The van der Waals surface area contributed by atoms with Gasteiger partial charge in [0.1, 0.15) is 0 Å². The van der Waals surface area contributed by atoms with Crippen molar-refractivity contribution in [2.45, 2.75) is 45.3 Å². The van der Waals surface area contributed by atoms with Crippen molar-refractivity contribution in [1.82, 2.24) is 0 Å². The number of rotatable bonds is 6. The van der Waals surface area contributed by atoms with Crippen molar-refractivity contribution in [2.75, 3.05) is 5.75 Å². The van der Waals surface area contributed by atoms with Gasteiger partial charge in [-0.15, -0.1) is 0 Å². The number of benzene rings is 1. The Bertz CT molecular complexity index is 421. The lowest BCUT2D eigenvalue weighted by Crippen LogP contribution is -2.19. The SMILES string of the molecule is CCC(C)S(=O)CC(=O)c1ccc(C(C)C)cc1. The first-order valence-electron chi connectivity index (χ1n) is 6.46. The van der Waals surface area contributed by atoms with Crippen LogP contribution < -0.4 is 0 Å². The Kier molecular flexibility index (Phi) is 5.73. The molecule has 0 heterocycles. The fourth-order valence-electron chi connectivity index (χ4n) is 1.59. The normalized spacial score (nSPS) is 14.5. The van der Waals surface area contributed by atoms with Crippen LogP contribution in [0.4, 0.5) is 0 Å². The molecule has 0 radical (unpaired) electrons. The van der Waals surface area contributed by atoms with Crippen LogP contribution in [0.25, 0.3) is 0 Å². The van der Waals surface area contributed by atoms with Crippen LogP contribution in [0.2, 0.25) is 0 Å². The summed E-state index contributed by atoms with van der Waals surface area (Å²) in [5.74, 6) is 0.572. The molecule has 0 aromatic heterocycles. The van der Waals surface area contributed by atoms with Gasteiger partial charge in [0.2, 0.25) is 0 Å². The first kappa shape index (κ1) is 15.1. The van der Waals surface area contributed by atoms with E-state index in [1.54, 1.807) is 0 Å². The highest BCUT2D eigenvalue weighted by Gasteiger charge is 2.15. The average molecular weight is 266 g/mol. The number of Topliss-reactive ketones (excluding diaryl/α,β-unsaturated/α-hetero) is 1. The van der Waals surface area contributed by atoms with Crippen molar-refractivity contribution >= 4 is 16.6 Å². The highest BCUT2D eigenvalue weighted by atomic mass is 32.2. The molecular weight excluding hydrogens is 244 g/mol. The van der Waals surface area contributed by atoms with Crippen molar-refractivity contribution in [3.05, 3.63) is 35.4 Å². The van der Waals surface area contributed by atoms with Crippen LogP contribution in [0.5, 0.6) is 0 Å². The van der Waals surface area contributed by atoms with Gasteiger partial charge in [0.25, 0.3) is 0 Å². The fourth-order valence-corrected chi connectivity index (χ4v) is 2.68. The van der Waals surface area contributed by atoms with Crippen LogP contribution in [0, 0.1) is 0 Å². The van der Waals surface area contributed by atoms with E-state index >= 15 is 0 Å². The Labute approximate surface area is 112 Å². The maximum absolute atomic E-state index is 12.0. The molecule has 0 amide bonds. The lowest BCUT2D eigenvalue weighted by Gasteiger charge is -2.09. The second-order valence-electron chi connectivity index (χ2n) is 4.94. The molecule has 18 heavy (non-hydrogen) atoms. The molecule has 0 aliphatic rings. The molecule has 0 aliphatic heterocycles. The van der Waals surface area contributed by atoms with Gasteiger partial charge in [-0.25, -0.2) is 0 Å². The van der Waals surface area contributed by atoms with Gasteiger partial charge in [0, 0.05) is 21.6 Å². The summed E-state index contributed by atoms with van der Waals surface area (Å²) in [5.41, 5.74) is 1.88. The summed E-state index contributed by atoms with van der Waals surface area (Å²) >= 11 is 0. The fraction of sp³-hybridized carbons (Fsp3) is 0.533. The molecule has 0 N–H and O–H groups in total. The van der Waals surface area contributed by atoms with Gasteiger partial charge in [-0.3, -0.25) is 9.00 Å². The van der Waals surface area contributed by atoms with E-state index in [1.807, 2.05) is 38.1 Å². The monoisotopic (exact) mass is 266 g/mol. The van der Waals surface area contributed by atoms with Crippen molar-refractivity contribution in [3.8, 4) is 0 Å². The molecule has 0 saturated heterocycles. The van der Waals surface area contributed by atoms with E-state index in [0.717, 1.165) is 6.42 Å². The zero-order valence-electron chi connectivity index (χ0n) is 11.6. The number of ketones is 1. The third kappa shape index (κ3) is 4.05. The van der Waals surface area contributed by atoms with E-state index < -0.39 is 10.8 Å². The quantitative estimate of drug-likeness (QED) is 0.738. The number of hydrogen-bond acceptors (Lipinski definition) is 2. The summed E-state index contributed by atoms with van der Waals surface area (Å²) in [5, 5.41) is 0.0869. The molecule has 2 atom stereocenters. The maximum atomic E-state index is 12.0. The highest BCUT2D eigenvalue weighted by Crippen LogP contribution is 2.15. The third-order valence-corrected chi connectivity index (χ3v) is 4.97. The second kappa shape index (κ2) is 6.83. The summed E-state index contributed by atoms with van der Waals surface area (Å²) in [6.07, 6.45) is 0.839. The molecule has 2 nitrogen and oxygen atoms in total. The molecule has 0 spiro atoms. The summed E-state index contributed by atoms with van der Waals surface area (Å²) < 4.78 is 11.8.